The Labute approximate surface area is 65.1 Å². The van der Waals surface area contributed by atoms with Crippen LogP contribution in [0.4, 0.5) is 0 Å². The van der Waals surface area contributed by atoms with Gasteiger partial charge in [0.1, 0.15) is 0 Å². The number of hydrogen-bond acceptors (Lipinski definition) is 3. The van der Waals surface area contributed by atoms with E-state index in [-0.39, 0.29) is 0 Å². The lowest BCUT2D eigenvalue weighted by molar-refractivity contribution is 0.189. The number of nitrogens with two attached hydrogens (primary N) is 1. The molecule has 0 aliphatic carbocycles. The maximum absolute atomic E-state index is 5.55. The van der Waals surface area contributed by atoms with Gasteiger partial charge in [0.25, 0.3) is 0 Å². The fraction of sp³-hybridized carbons (Fsp3) is 0.429. The quantitative estimate of drug-likeness (QED) is 0.664. The Balaban J connectivity index is 2.58. The number of hydrogen-bond donors (Lipinski definition) is 1. The summed E-state index contributed by atoms with van der Waals surface area (Å²) in [4.78, 5) is 1.11. The van der Waals surface area contributed by atoms with Crippen molar-refractivity contribution in [3.63, 3.8) is 0 Å². The van der Waals surface area contributed by atoms with Crippen molar-refractivity contribution in [1.29, 1.82) is 0 Å². The molecule has 0 aromatic rings. The lowest BCUT2D eigenvalue weighted by Crippen LogP contribution is -2.11. The van der Waals surface area contributed by atoms with Crippen molar-refractivity contribution in [1.82, 2.24) is 0 Å². The van der Waals surface area contributed by atoms with Gasteiger partial charge in [-0.1, -0.05) is 18.3 Å². The molecule has 1 heterocycles. The van der Waals surface area contributed by atoms with Crippen molar-refractivity contribution >= 4 is 11.8 Å². The molecular formula is C7H11NOS. The summed E-state index contributed by atoms with van der Waals surface area (Å²) in [5.74, 6) is 0.580. The second-order valence-corrected chi connectivity index (χ2v) is 3.09. The monoisotopic (exact) mass is 157 g/mol. The first-order valence-corrected chi connectivity index (χ1v) is 4.11. The van der Waals surface area contributed by atoms with Crippen molar-refractivity contribution in [2.45, 2.75) is 12.8 Å². The summed E-state index contributed by atoms with van der Waals surface area (Å²) in [6.45, 7) is 4.36. The highest BCUT2D eigenvalue weighted by Crippen LogP contribution is 2.26. The SMILES string of the molecule is C=CSC1=C(N)OCCC1. The summed E-state index contributed by atoms with van der Waals surface area (Å²) in [5.41, 5.74) is 5.55. The summed E-state index contributed by atoms with van der Waals surface area (Å²) in [6.07, 6.45) is 2.10. The molecule has 0 radical (unpaired) electrons. The first-order chi connectivity index (χ1) is 4.84. The lowest BCUT2D eigenvalue weighted by atomic mass is 10.3. The van der Waals surface area contributed by atoms with E-state index in [9.17, 15) is 0 Å². The van der Waals surface area contributed by atoms with Crippen molar-refractivity contribution in [2.75, 3.05) is 6.61 Å². The van der Waals surface area contributed by atoms with Crippen molar-refractivity contribution < 1.29 is 4.74 Å². The molecule has 0 fully saturated rings. The molecular weight excluding hydrogens is 146 g/mol. The second-order valence-electron chi connectivity index (χ2n) is 2.02. The normalized spacial score (nSPS) is 18.4. The van der Waals surface area contributed by atoms with Crippen molar-refractivity contribution in [3.8, 4) is 0 Å². The summed E-state index contributed by atoms with van der Waals surface area (Å²) in [6, 6.07) is 0. The molecule has 3 heteroatoms. The van der Waals surface area contributed by atoms with Gasteiger partial charge in [-0.2, -0.15) is 0 Å². The van der Waals surface area contributed by atoms with Crippen molar-refractivity contribution in [3.05, 3.63) is 22.8 Å². The second kappa shape index (κ2) is 3.56. The Bertz CT molecular complexity index is 165. The van der Waals surface area contributed by atoms with E-state index in [0.717, 1.165) is 24.4 Å². The van der Waals surface area contributed by atoms with E-state index >= 15 is 0 Å². The van der Waals surface area contributed by atoms with Crippen molar-refractivity contribution in [2.24, 2.45) is 5.73 Å². The fourth-order valence-electron chi connectivity index (χ4n) is 0.836. The van der Waals surface area contributed by atoms with E-state index in [2.05, 4.69) is 6.58 Å². The summed E-state index contributed by atoms with van der Waals surface area (Å²) in [5, 5.41) is 1.77. The Morgan fingerprint density at radius 1 is 1.70 bits per heavy atom. The van der Waals surface area contributed by atoms with Gasteiger partial charge in [-0.3, -0.25) is 0 Å². The third kappa shape index (κ3) is 1.70. The minimum Gasteiger partial charge on any atom is -0.479 e. The molecule has 2 nitrogen and oxygen atoms in total. The highest BCUT2D eigenvalue weighted by atomic mass is 32.2. The zero-order chi connectivity index (χ0) is 7.40. The Hall–Kier alpha value is -0.570. The molecule has 2 N–H and O–H groups in total. The zero-order valence-corrected chi connectivity index (χ0v) is 6.62. The molecule has 10 heavy (non-hydrogen) atoms. The lowest BCUT2D eigenvalue weighted by Gasteiger charge is -2.15. The Morgan fingerprint density at radius 2 is 2.50 bits per heavy atom. The molecule has 1 rings (SSSR count). The van der Waals surface area contributed by atoms with Crippen LogP contribution in [0.15, 0.2) is 22.8 Å². The van der Waals surface area contributed by atoms with E-state index in [4.69, 9.17) is 10.5 Å². The minimum absolute atomic E-state index is 0.580. The van der Waals surface area contributed by atoms with Crippen LogP contribution in [-0.4, -0.2) is 6.61 Å². The largest absolute Gasteiger partial charge is 0.479 e. The van der Waals surface area contributed by atoms with E-state index in [0.29, 0.717) is 5.88 Å². The average Bonchev–Trinajstić information content (AvgIpc) is 1.94. The van der Waals surface area contributed by atoms with Crippen LogP contribution in [0.25, 0.3) is 0 Å². The van der Waals surface area contributed by atoms with E-state index < -0.39 is 0 Å². The molecule has 1 aliphatic rings. The Morgan fingerprint density at radius 3 is 3.10 bits per heavy atom. The molecule has 56 valence electrons. The van der Waals surface area contributed by atoms with Crippen LogP contribution in [0.1, 0.15) is 12.8 Å². The molecule has 0 atom stereocenters. The summed E-state index contributed by atoms with van der Waals surface area (Å²) >= 11 is 1.55. The molecule has 1 aliphatic heterocycles. The van der Waals surface area contributed by atoms with Gasteiger partial charge in [0.2, 0.25) is 0 Å². The average molecular weight is 157 g/mol. The molecule has 0 spiro atoms. The Kier molecular flexibility index (Phi) is 2.68. The topological polar surface area (TPSA) is 35.2 Å². The van der Waals surface area contributed by atoms with E-state index in [1.54, 1.807) is 17.2 Å². The van der Waals surface area contributed by atoms with Crippen LogP contribution < -0.4 is 5.73 Å². The standard InChI is InChI=1S/C7H11NOS/c1-2-10-6-4-3-5-9-7(6)8/h2H,1,3-5,8H2. The van der Waals surface area contributed by atoms with Gasteiger partial charge in [0.05, 0.1) is 6.61 Å². The van der Waals surface area contributed by atoms with Crippen LogP contribution in [0.5, 0.6) is 0 Å². The maximum atomic E-state index is 5.55. The number of ether oxygens (including phenoxy) is 1. The first-order valence-electron chi connectivity index (χ1n) is 3.23. The van der Waals surface area contributed by atoms with Gasteiger partial charge < -0.3 is 10.5 Å². The molecule has 0 aromatic heterocycles. The van der Waals surface area contributed by atoms with Gasteiger partial charge in [-0.05, 0) is 18.2 Å². The van der Waals surface area contributed by atoms with Gasteiger partial charge in [0, 0.05) is 4.91 Å². The molecule has 0 saturated heterocycles. The number of allylic oxidation sites excluding steroid dienone is 1. The maximum Gasteiger partial charge on any atom is 0.194 e. The van der Waals surface area contributed by atoms with Gasteiger partial charge in [-0.15, -0.1) is 0 Å². The van der Waals surface area contributed by atoms with Crippen LogP contribution in [-0.2, 0) is 4.74 Å². The van der Waals surface area contributed by atoms with E-state index in [1.807, 2.05) is 0 Å². The third-order valence-corrected chi connectivity index (χ3v) is 2.16. The number of thioether (sulfide) groups is 1. The summed E-state index contributed by atoms with van der Waals surface area (Å²) < 4.78 is 5.13. The van der Waals surface area contributed by atoms with Crippen LogP contribution in [0.2, 0.25) is 0 Å². The zero-order valence-electron chi connectivity index (χ0n) is 5.80. The van der Waals surface area contributed by atoms with Gasteiger partial charge in [-0.25, -0.2) is 0 Å². The molecule has 0 unspecified atom stereocenters. The van der Waals surface area contributed by atoms with Gasteiger partial charge in [0.15, 0.2) is 5.88 Å². The molecule has 0 aromatic carbocycles. The predicted molar refractivity (Wildman–Crippen MR) is 44.2 cm³/mol. The molecule has 0 amide bonds. The molecule has 0 saturated carbocycles. The molecule has 0 bridgehead atoms. The summed E-state index contributed by atoms with van der Waals surface area (Å²) in [7, 11) is 0. The predicted octanol–water partition coefficient (Wildman–Crippen LogP) is 1.80. The third-order valence-electron chi connectivity index (χ3n) is 1.31. The highest BCUT2D eigenvalue weighted by Gasteiger charge is 2.09. The van der Waals surface area contributed by atoms with Gasteiger partial charge >= 0.3 is 0 Å². The van der Waals surface area contributed by atoms with Crippen LogP contribution in [0.3, 0.4) is 0 Å². The number of rotatable bonds is 2. The minimum atomic E-state index is 0.580. The first kappa shape index (κ1) is 7.54. The van der Waals surface area contributed by atoms with Crippen LogP contribution in [0, 0.1) is 0 Å². The highest BCUT2D eigenvalue weighted by molar-refractivity contribution is 8.05. The smallest absolute Gasteiger partial charge is 0.194 e. The fourth-order valence-corrected chi connectivity index (χ4v) is 1.47. The van der Waals surface area contributed by atoms with E-state index in [1.165, 1.54) is 0 Å². The van der Waals surface area contributed by atoms with Crippen LogP contribution >= 0.6 is 11.8 Å².